The Morgan fingerprint density at radius 1 is 1.17 bits per heavy atom. The first-order chi connectivity index (χ1) is 14.7. The van der Waals surface area contributed by atoms with E-state index in [-0.39, 0.29) is 5.91 Å². The number of hydrogen-bond donors (Lipinski definition) is 0. The highest BCUT2D eigenvalue weighted by Gasteiger charge is 2.32. The van der Waals surface area contributed by atoms with Crippen LogP contribution in [-0.4, -0.2) is 50.2 Å². The minimum Gasteiger partial charge on any atom is -0.385 e. The Morgan fingerprint density at radius 3 is 2.67 bits per heavy atom. The van der Waals surface area contributed by atoms with Crippen molar-refractivity contribution in [2.24, 2.45) is 0 Å². The normalized spacial score (nSPS) is 15.4. The maximum atomic E-state index is 12.9. The fraction of sp³-hybridized carbons (Fsp3) is 0.182. The molecule has 0 aliphatic carbocycles. The number of ether oxygens (including phenoxy) is 1. The molecule has 3 aromatic rings. The van der Waals surface area contributed by atoms with E-state index in [1.54, 1.807) is 24.4 Å². The van der Waals surface area contributed by atoms with Crippen molar-refractivity contribution in [3.63, 3.8) is 0 Å². The van der Waals surface area contributed by atoms with Crippen molar-refractivity contribution < 1.29 is 9.53 Å². The van der Waals surface area contributed by atoms with Crippen molar-refractivity contribution in [2.45, 2.75) is 6.42 Å². The summed E-state index contributed by atoms with van der Waals surface area (Å²) in [5.74, 6) is -0.0748. The van der Waals surface area contributed by atoms with Crippen LogP contribution in [0.1, 0.15) is 12.0 Å². The zero-order valence-corrected chi connectivity index (χ0v) is 18.0. The number of aromatic nitrogens is 3. The van der Waals surface area contributed by atoms with Crippen LogP contribution in [0.2, 0.25) is 0 Å². The summed E-state index contributed by atoms with van der Waals surface area (Å²) in [6, 6.07) is 13.7. The fourth-order valence-corrected chi connectivity index (χ4v) is 4.44. The lowest BCUT2D eigenvalue weighted by Crippen LogP contribution is -2.29. The van der Waals surface area contributed by atoms with Gasteiger partial charge >= 0.3 is 0 Å². The molecule has 1 saturated heterocycles. The number of nitrogens with zero attached hydrogens (tertiary/aromatic N) is 4. The predicted molar refractivity (Wildman–Crippen MR) is 123 cm³/mol. The van der Waals surface area contributed by atoms with Gasteiger partial charge in [-0.3, -0.25) is 14.7 Å². The number of carbonyl (C=O) groups is 1. The second-order valence-electron chi connectivity index (χ2n) is 6.63. The summed E-state index contributed by atoms with van der Waals surface area (Å²) >= 11 is 6.75. The Hall–Kier alpha value is -2.81. The van der Waals surface area contributed by atoms with Gasteiger partial charge in [0.25, 0.3) is 5.91 Å². The molecule has 0 spiro atoms. The van der Waals surface area contributed by atoms with Crippen molar-refractivity contribution in [3.05, 3.63) is 71.5 Å². The van der Waals surface area contributed by atoms with E-state index in [9.17, 15) is 4.79 Å². The minimum absolute atomic E-state index is 0.0748. The van der Waals surface area contributed by atoms with Crippen molar-refractivity contribution in [2.75, 3.05) is 20.3 Å². The van der Waals surface area contributed by atoms with Crippen LogP contribution in [0.25, 0.3) is 23.0 Å². The summed E-state index contributed by atoms with van der Waals surface area (Å²) in [5.41, 5.74) is 3.51. The van der Waals surface area contributed by atoms with Gasteiger partial charge in [-0.25, -0.2) is 4.68 Å². The van der Waals surface area contributed by atoms with Gasteiger partial charge in [0.15, 0.2) is 0 Å². The number of methoxy groups -OCH3 is 1. The van der Waals surface area contributed by atoms with Gasteiger partial charge in [0.05, 0.1) is 10.6 Å². The molecule has 0 bridgehead atoms. The summed E-state index contributed by atoms with van der Waals surface area (Å²) in [7, 11) is 1.65. The molecule has 1 aromatic carbocycles. The molecule has 0 atom stereocenters. The van der Waals surface area contributed by atoms with Gasteiger partial charge < -0.3 is 4.74 Å². The van der Waals surface area contributed by atoms with Crippen LogP contribution in [0.3, 0.4) is 0 Å². The monoisotopic (exact) mass is 436 g/mol. The van der Waals surface area contributed by atoms with Crippen molar-refractivity contribution in [1.29, 1.82) is 0 Å². The first kappa shape index (κ1) is 20.5. The highest BCUT2D eigenvalue weighted by Crippen LogP contribution is 2.34. The Labute approximate surface area is 184 Å². The van der Waals surface area contributed by atoms with E-state index in [1.807, 2.05) is 59.4 Å². The zero-order chi connectivity index (χ0) is 20.9. The second-order valence-corrected chi connectivity index (χ2v) is 8.30. The predicted octanol–water partition coefficient (Wildman–Crippen LogP) is 4.17. The van der Waals surface area contributed by atoms with Crippen LogP contribution in [0.15, 0.2) is 66.0 Å². The maximum absolute atomic E-state index is 12.9. The molecular weight excluding hydrogens is 416 g/mol. The molecule has 30 heavy (non-hydrogen) atoms. The first-order valence-electron chi connectivity index (χ1n) is 9.47. The number of amides is 1. The third kappa shape index (κ3) is 4.35. The van der Waals surface area contributed by atoms with Gasteiger partial charge in [-0.1, -0.05) is 42.2 Å². The third-order valence-corrected chi connectivity index (χ3v) is 5.99. The number of carbonyl (C=O) groups excluding carboxylic acids is 1. The standard InChI is InChI=1S/C22H20N4O2S2/c1-28-13-5-12-25-21(27)19(30-22(25)29)14-17-15-26(18-6-3-2-4-7-18)24-20(17)16-8-10-23-11-9-16/h2-4,6-11,14-15H,5,12-13H2,1H3/b19-14-. The van der Waals surface area contributed by atoms with Gasteiger partial charge in [0.2, 0.25) is 0 Å². The van der Waals surface area contributed by atoms with Crippen molar-refractivity contribution in [3.8, 4) is 16.9 Å². The SMILES string of the molecule is COCCCN1C(=O)/C(=C/c2cn(-c3ccccc3)nc2-c2ccncc2)SC1=S. The molecule has 3 heterocycles. The first-order valence-corrected chi connectivity index (χ1v) is 10.7. The van der Waals surface area contributed by atoms with E-state index < -0.39 is 0 Å². The summed E-state index contributed by atoms with van der Waals surface area (Å²) < 4.78 is 7.48. The topological polar surface area (TPSA) is 60.2 Å². The number of benzene rings is 1. The highest BCUT2D eigenvalue weighted by atomic mass is 32.2. The lowest BCUT2D eigenvalue weighted by Gasteiger charge is -2.13. The lowest BCUT2D eigenvalue weighted by molar-refractivity contribution is -0.122. The molecule has 0 radical (unpaired) electrons. The molecule has 152 valence electrons. The summed E-state index contributed by atoms with van der Waals surface area (Å²) in [6.07, 6.45) is 8.01. The van der Waals surface area contributed by atoms with Crippen LogP contribution in [-0.2, 0) is 9.53 Å². The molecule has 1 aliphatic rings. The number of para-hydroxylation sites is 1. The molecule has 0 saturated carbocycles. The second kappa shape index (κ2) is 9.34. The molecule has 1 aliphatic heterocycles. The van der Waals surface area contributed by atoms with Crippen LogP contribution in [0.5, 0.6) is 0 Å². The van der Waals surface area contributed by atoms with E-state index in [1.165, 1.54) is 11.8 Å². The Kier molecular flexibility index (Phi) is 6.37. The smallest absolute Gasteiger partial charge is 0.266 e. The fourth-order valence-electron chi connectivity index (χ4n) is 3.14. The average Bonchev–Trinajstić information content (AvgIpc) is 3.31. The molecular formula is C22H20N4O2S2. The van der Waals surface area contributed by atoms with E-state index in [4.69, 9.17) is 22.1 Å². The van der Waals surface area contributed by atoms with Crippen molar-refractivity contribution >= 4 is 40.3 Å². The van der Waals surface area contributed by atoms with E-state index in [2.05, 4.69) is 4.98 Å². The van der Waals surface area contributed by atoms with Gasteiger partial charge in [-0.15, -0.1) is 0 Å². The largest absolute Gasteiger partial charge is 0.385 e. The van der Waals surface area contributed by atoms with Gasteiger partial charge in [0.1, 0.15) is 10.0 Å². The Balaban J connectivity index is 1.70. The maximum Gasteiger partial charge on any atom is 0.266 e. The summed E-state index contributed by atoms with van der Waals surface area (Å²) in [5, 5.41) is 4.78. The Morgan fingerprint density at radius 2 is 1.93 bits per heavy atom. The van der Waals surface area contributed by atoms with E-state index in [0.29, 0.717) is 22.4 Å². The average molecular weight is 437 g/mol. The molecule has 0 unspecified atom stereocenters. The molecule has 6 nitrogen and oxygen atoms in total. The number of thioether (sulfide) groups is 1. The van der Waals surface area contributed by atoms with Crippen molar-refractivity contribution in [1.82, 2.24) is 19.7 Å². The molecule has 8 heteroatoms. The number of pyridine rings is 1. The summed E-state index contributed by atoms with van der Waals surface area (Å²) in [6.45, 7) is 1.14. The van der Waals surface area contributed by atoms with Crippen LogP contribution in [0, 0.1) is 0 Å². The zero-order valence-electron chi connectivity index (χ0n) is 16.4. The molecule has 1 amide bonds. The molecule has 0 N–H and O–H groups in total. The molecule has 2 aromatic heterocycles. The van der Waals surface area contributed by atoms with E-state index >= 15 is 0 Å². The van der Waals surface area contributed by atoms with Gasteiger partial charge in [-0.05, 0) is 36.8 Å². The number of thiocarbonyl (C=S) groups is 1. The highest BCUT2D eigenvalue weighted by molar-refractivity contribution is 8.26. The van der Waals surface area contributed by atoms with Gasteiger partial charge in [-0.2, -0.15) is 5.10 Å². The van der Waals surface area contributed by atoms with E-state index in [0.717, 1.165) is 28.9 Å². The van der Waals surface area contributed by atoms with Crippen LogP contribution < -0.4 is 0 Å². The molecule has 1 fully saturated rings. The number of hydrogen-bond acceptors (Lipinski definition) is 6. The quantitative estimate of drug-likeness (QED) is 0.315. The van der Waals surface area contributed by atoms with Crippen LogP contribution >= 0.6 is 24.0 Å². The lowest BCUT2D eigenvalue weighted by atomic mass is 10.1. The summed E-state index contributed by atoms with van der Waals surface area (Å²) in [4.78, 5) is 19.2. The Bertz CT molecular complexity index is 1080. The van der Waals surface area contributed by atoms with Crippen LogP contribution in [0.4, 0.5) is 0 Å². The van der Waals surface area contributed by atoms with Gasteiger partial charge in [0, 0.05) is 50.0 Å². The minimum atomic E-state index is -0.0748. The number of rotatable bonds is 7. The third-order valence-electron chi connectivity index (χ3n) is 4.61. The molecule has 4 rings (SSSR count).